The maximum absolute atomic E-state index is 13.1. The molecule has 0 saturated heterocycles. The highest BCUT2D eigenvalue weighted by molar-refractivity contribution is 6.31. The fourth-order valence-corrected chi connectivity index (χ4v) is 3.09. The normalized spacial score (nSPS) is 11.0. The molecule has 0 spiro atoms. The molecule has 0 saturated carbocycles. The minimum absolute atomic E-state index is 0.0636. The average molecular weight is 390 g/mol. The molecule has 0 fully saturated rings. The predicted octanol–water partition coefficient (Wildman–Crippen LogP) is 3.07. The third-order valence-electron chi connectivity index (χ3n) is 4.37. The van der Waals surface area contributed by atoms with Crippen LogP contribution >= 0.6 is 11.6 Å². The number of carbonyl (C=O) groups is 1. The van der Waals surface area contributed by atoms with E-state index in [9.17, 15) is 19.1 Å². The van der Waals surface area contributed by atoms with E-state index in [4.69, 9.17) is 20.8 Å². The topological polar surface area (TPSA) is 79.6 Å². The number of ether oxygens (including phenoxy) is 1. The van der Waals surface area contributed by atoms with Crippen molar-refractivity contribution in [2.45, 2.75) is 26.9 Å². The van der Waals surface area contributed by atoms with Crippen LogP contribution in [-0.2, 0) is 17.8 Å². The Bertz CT molecular complexity index is 1100. The number of aryl methyl sites for hydroxylation is 2. The van der Waals surface area contributed by atoms with E-state index in [1.807, 2.05) is 0 Å². The van der Waals surface area contributed by atoms with Gasteiger partial charge in [-0.3, -0.25) is 0 Å². The van der Waals surface area contributed by atoms with Crippen LogP contribution in [-0.4, -0.2) is 5.97 Å². The Labute approximate surface area is 158 Å². The summed E-state index contributed by atoms with van der Waals surface area (Å²) in [6.07, 6.45) is -0.509. The summed E-state index contributed by atoms with van der Waals surface area (Å²) in [6, 6.07) is 7.42. The zero-order valence-corrected chi connectivity index (χ0v) is 15.4. The van der Waals surface area contributed by atoms with Crippen molar-refractivity contribution in [3.05, 3.63) is 73.8 Å². The van der Waals surface area contributed by atoms with Crippen LogP contribution in [0.25, 0.3) is 11.0 Å². The summed E-state index contributed by atoms with van der Waals surface area (Å²) in [5.41, 5.74) is 1.40. The lowest BCUT2D eigenvalue weighted by Crippen LogP contribution is -2.27. The Kier molecular flexibility index (Phi) is 5.19. The van der Waals surface area contributed by atoms with Crippen LogP contribution in [0.1, 0.15) is 22.3 Å². The third kappa shape index (κ3) is 3.80. The summed E-state index contributed by atoms with van der Waals surface area (Å²) in [6.45, 7) is 3.50. The van der Waals surface area contributed by atoms with Crippen molar-refractivity contribution < 1.29 is 23.4 Å². The first-order valence-electron chi connectivity index (χ1n) is 8.10. The molecule has 0 unspecified atom stereocenters. The smallest absolute Gasteiger partial charge is 0.340 e. The molecule has 0 amide bonds. The molecule has 0 aliphatic heterocycles. The fraction of sp³-hybridized carbons (Fsp3) is 0.200. The predicted molar refractivity (Wildman–Crippen MR) is 96.4 cm³/mol. The molecule has 3 aromatic rings. The van der Waals surface area contributed by atoms with Gasteiger partial charge in [0.15, 0.2) is 0 Å². The Morgan fingerprint density at radius 3 is 2.63 bits per heavy atom. The van der Waals surface area contributed by atoms with Gasteiger partial charge in [0.1, 0.15) is 23.8 Å². The molecule has 3 rings (SSSR count). The highest BCUT2D eigenvalue weighted by Gasteiger charge is 2.15. The first-order chi connectivity index (χ1) is 12.8. The number of carboxylic acid groups (broad SMARTS) is 1. The lowest BCUT2D eigenvalue weighted by atomic mass is 10.0. The monoisotopic (exact) mass is 389 g/mol. The second-order valence-electron chi connectivity index (χ2n) is 6.13. The molecule has 27 heavy (non-hydrogen) atoms. The summed E-state index contributed by atoms with van der Waals surface area (Å²) in [7, 11) is 0. The van der Waals surface area contributed by atoms with E-state index in [1.165, 1.54) is 18.2 Å². The molecule has 7 heteroatoms. The van der Waals surface area contributed by atoms with Crippen LogP contribution < -0.4 is 15.5 Å². The maximum Gasteiger partial charge on any atom is 0.340 e. The summed E-state index contributed by atoms with van der Waals surface area (Å²) in [5.74, 6) is -1.31. The standard InChI is InChI=1S/C20H16ClFO5/c1-10-14-5-6-17(26-9-12-3-4-13(22)7-16(12)21)11(2)19(14)27-20(25)15(10)8-18(23)24/h3-7H,8-9H2,1-2H3,(H,23,24)/p-1. The van der Waals surface area contributed by atoms with Crippen LogP contribution in [0, 0.1) is 19.7 Å². The number of rotatable bonds is 5. The van der Waals surface area contributed by atoms with Crippen LogP contribution in [0.4, 0.5) is 4.39 Å². The molecule has 2 aromatic carbocycles. The quantitative estimate of drug-likeness (QED) is 0.626. The van der Waals surface area contributed by atoms with Crippen LogP contribution in [0.15, 0.2) is 39.5 Å². The second kappa shape index (κ2) is 7.40. The highest BCUT2D eigenvalue weighted by Crippen LogP contribution is 2.30. The molecule has 0 aliphatic rings. The third-order valence-corrected chi connectivity index (χ3v) is 4.73. The lowest BCUT2D eigenvalue weighted by molar-refractivity contribution is -0.304. The van der Waals surface area contributed by atoms with Crippen molar-refractivity contribution in [1.29, 1.82) is 0 Å². The molecule has 0 aliphatic carbocycles. The molecular weight excluding hydrogens is 375 g/mol. The number of aliphatic carboxylic acids is 1. The van der Waals surface area contributed by atoms with Gasteiger partial charge in [0.25, 0.3) is 0 Å². The van der Waals surface area contributed by atoms with E-state index in [0.29, 0.717) is 33.4 Å². The van der Waals surface area contributed by atoms with E-state index in [0.717, 1.165) is 0 Å². The fourth-order valence-electron chi connectivity index (χ4n) is 2.87. The number of hydrogen-bond donors (Lipinski definition) is 0. The summed E-state index contributed by atoms with van der Waals surface area (Å²) >= 11 is 6.00. The van der Waals surface area contributed by atoms with Gasteiger partial charge < -0.3 is 19.1 Å². The van der Waals surface area contributed by atoms with Gasteiger partial charge >= 0.3 is 5.63 Å². The number of carboxylic acids is 1. The van der Waals surface area contributed by atoms with Crippen molar-refractivity contribution in [3.8, 4) is 5.75 Å². The van der Waals surface area contributed by atoms with Gasteiger partial charge in [-0.2, -0.15) is 0 Å². The molecular formula is C20H15ClFO5-. The molecule has 1 heterocycles. The SMILES string of the molecule is Cc1c(CC(=O)[O-])c(=O)oc2c(C)c(OCc3ccc(F)cc3Cl)ccc12. The summed E-state index contributed by atoms with van der Waals surface area (Å²) < 4.78 is 24.2. The molecule has 0 atom stereocenters. The largest absolute Gasteiger partial charge is 0.550 e. The van der Waals surface area contributed by atoms with Gasteiger partial charge in [-0.05, 0) is 43.7 Å². The van der Waals surface area contributed by atoms with E-state index >= 15 is 0 Å². The molecule has 5 nitrogen and oxygen atoms in total. The minimum Gasteiger partial charge on any atom is -0.550 e. The van der Waals surface area contributed by atoms with Crippen molar-refractivity contribution in [3.63, 3.8) is 0 Å². The van der Waals surface area contributed by atoms with Crippen molar-refractivity contribution >= 4 is 28.5 Å². The second-order valence-corrected chi connectivity index (χ2v) is 6.54. The maximum atomic E-state index is 13.1. The first-order valence-corrected chi connectivity index (χ1v) is 8.48. The number of fused-ring (bicyclic) bond motifs is 1. The van der Waals surface area contributed by atoms with Crippen molar-refractivity contribution in [2.75, 3.05) is 0 Å². The summed E-state index contributed by atoms with van der Waals surface area (Å²) in [4.78, 5) is 23.0. The Balaban J connectivity index is 1.97. The van der Waals surface area contributed by atoms with Crippen LogP contribution in [0.3, 0.4) is 0 Å². The van der Waals surface area contributed by atoms with Gasteiger partial charge in [-0.1, -0.05) is 17.7 Å². The summed E-state index contributed by atoms with van der Waals surface area (Å²) in [5, 5.41) is 11.7. The van der Waals surface area contributed by atoms with Gasteiger partial charge in [0, 0.05) is 34.5 Å². The number of halogens is 2. The number of hydrogen-bond acceptors (Lipinski definition) is 5. The number of carbonyl (C=O) groups excluding carboxylic acids is 1. The molecule has 0 bridgehead atoms. The van der Waals surface area contributed by atoms with Gasteiger partial charge in [-0.25, -0.2) is 9.18 Å². The van der Waals surface area contributed by atoms with E-state index in [-0.39, 0.29) is 17.2 Å². The first kappa shape index (κ1) is 18.9. The number of benzene rings is 2. The van der Waals surface area contributed by atoms with E-state index in [1.54, 1.807) is 26.0 Å². The van der Waals surface area contributed by atoms with E-state index < -0.39 is 23.8 Å². The van der Waals surface area contributed by atoms with Gasteiger partial charge in [0.2, 0.25) is 0 Å². The zero-order chi connectivity index (χ0) is 19.7. The van der Waals surface area contributed by atoms with Gasteiger partial charge in [0.05, 0.1) is 5.02 Å². The van der Waals surface area contributed by atoms with E-state index in [2.05, 4.69) is 0 Å². The Hall–Kier alpha value is -2.86. The average Bonchev–Trinajstić information content (AvgIpc) is 2.60. The van der Waals surface area contributed by atoms with Crippen molar-refractivity contribution in [2.24, 2.45) is 0 Å². The minimum atomic E-state index is -1.35. The zero-order valence-electron chi connectivity index (χ0n) is 14.6. The van der Waals surface area contributed by atoms with Crippen LogP contribution in [0.2, 0.25) is 5.02 Å². The Morgan fingerprint density at radius 2 is 1.96 bits per heavy atom. The lowest BCUT2D eigenvalue weighted by Gasteiger charge is -2.14. The molecule has 0 N–H and O–H groups in total. The van der Waals surface area contributed by atoms with Gasteiger partial charge in [-0.15, -0.1) is 0 Å². The molecule has 0 radical (unpaired) electrons. The van der Waals surface area contributed by atoms with Crippen LogP contribution in [0.5, 0.6) is 5.75 Å². The highest BCUT2D eigenvalue weighted by atomic mass is 35.5. The Morgan fingerprint density at radius 1 is 1.22 bits per heavy atom. The van der Waals surface area contributed by atoms with Crippen molar-refractivity contribution in [1.82, 2.24) is 0 Å². The molecule has 1 aromatic heterocycles. The molecule has 140 valence electrons.